The van der Waals surface area contributed by atoms with Crippen molar-refractivity contribution in [2.45, 2.75) is 47.2 Å². The number of carbonyl (C=O) groups excluding carboxylic acids is 2. The molecule has 3 aliphatic heterocycles. The number of benzene rings is 2. The van der Waals surface area contributed by atoms with Gasteiger partial charge in [-0.3, -0.25) is 24.5 Å². The molecule has 4 heterocycles. The summed E-state index contributed by atoms with van der Waals surface area (Å²) < 4.78 is 59.7. The van der Waals surface area contributed by atoms with Gasteiger partial charge in [-0.25, -0.2) is 8.60 Å². The lowest BCUT2D eigenvalue weighted by Gasteiger charge is -2.34. The molecule has 11 nitrogen and oxygen atoms in total. The van der Waals surface area contributed by atoms with Crippen molar-refractivity contribution in [2.24, 2.45) is 4.40 Å². The molecule has 41 heavy (non-hydrogen) atoms. The number of aliphatic hydroxyl groups excluding tert-OH is 1. The van der Waals surface area contributed by atoms with E-state index < -0.39 is 49.6 Å². The highest BCUT2D eigenvalue weighted by molar-refractivity contribution is 8.00. The lowest BCUT2D eigenvalue weighted by atomic mass is 9.96. The predicted molar refractivity (Wildman–Crippen MR) is 154 cm³/mol. The van der Waals surface area contributed by atoms with Crippen LogP contribution in [0.25, 0.3) is 0 Å². The molecule has 2 aromatic carbocycles. The van der Waals surface area contributed by atoms with E-state index in [4.69, 9.17) is 0 Å². The minimum Gasteiger partial charge on any atom is -0.373 e. The van der Waals surface area contributed by atoms with Crippen molar-refractivity contribution >= 4 is 66.0 Å². The van der Waals surface area contributed by atoms with Gasteiger partial charge >= 0.3 is 0 Å². The Morgan fingerprint density at radius 2 is 2.10 bits per heavy atom. The number of aliphatic hydroxyl groups is 1. The number of hydrogen-bond donors (Lipinski definition) is 4. The third-order valence-electron chi connectivity index (χ3n) is 6.99. The van der Waals surface area contributed by atoms with E-state index in [9.17, 15) is 27.3 Å². The number of sulfonamides is 1. The molecule has 0 spiro atoms. The molecule has 4 unspecified atom stereocenters. The van der Waals surface area contributed by atoms with E-state index in [1.807, 2.05) is 0 Å². The maximum atomic E-state index is 15.3. The number of halogens is 1. The van der Waals surface area contributed by atoms with Crippen LogP contribution in [0, 0.1) is 5.82 Å². The molecule has 6 rings (SSSR count). The van der Waals surface area contributed by atoms with Crippen LogP contribution in [0.1, 0.15) is 28.4 Å². The van der Waals surface area contributed by atoms with Gasteiger partial charge in [0.15, 0.2) is 0 Å². The van der Waals surface area contributed by atoms with Crippen molar-refractivity contribution in [3.8, 4) is 0 Å². The molecule has 4 N–H and O–H groups in total. The fourth-order valence-electron chi connectivity index (χ4n) is 5.04. The van der Waals surface area contributed by atoms with Gasteiger partial charge in [-0.05, 0) is 66.1 Å². The van der Waals surface area contributed by atoms with Crippen molar-refractivity contribution in [3.05, 3.63) is 70.4 Å². The fraction of sp³-hybridized carbons (Fsp3) is 0.231. The molecule has 3 aromatic rings. The summed E-state index contributed by atoms with van der Waals surface area (Å²) in [6.45, 7) is 1.50. The minimum atomic E-state index is -4.03. The first-order chi connectivity index (χ1) is 19.3. The van der Waals surface area contributed by atoms with Gasteiger partial charge in [0.25, 0.3) is 15.9 Å². The summed E-state index contributed by atoms with van der Waals surface area (Å²) in [6.07, 6.45) is -1.15. The first kappa shape index (κ1) is 27.5. The molecule has 0 bridgehead atoms. The molecule has 0 radical (unpaired) electrons. The number of amidine groups is 1. The Kier molecular flexibility index (Phi) is 6.54. The lowest BCUT2D eigenvalue weighted by molar-refractivity contribution is -0.118. The zero-order valence-corrected chi connectivity index (χ0v) is 23.9. The van der Waals surface area contributed by atoms with Crippen molar-refractivity contribution in [1.82, 2.24) is 10.0 Å². The summed E-state index contributed by atoms with van der Waals surface area (Å²) in [4.78, 5) is 26.7. The van der Waals surface area contributed by atoms with Gasteiger partial charge in [-0.15, -0.1) is 15.7 Å². The van der Waals surface area contributed by atoms with Gasteiger partial charge in [0.2, 0.25) is 5.91 Å². The molecule has 0 aliphatic carbocycles. The normalized spacial score (nSPS) is 23.9. The number of carbonyl (C=O) groups is 2. The van der Waals surface area contributed by atoms with E-state index >= 15 is 4.39 Å². The van der Waals surface area contributed by atoms with E-state index in [1.54, 1.807) is 23.6 Å². The molecule has 4 atom stereocenters. The van der Waals surface area contributed by atoms with Crippen molar-refractivity contribution in [1.29, 1.82) is 0 Å². The molecule has 1 saturated heterocycles. The predicted octanol–water partition coefficient (Wildman–Crippen LogP) is 1.63. The van der Waals surface area contributed by atoms with Gasteiger partial charge < -0.3 is 10.4 Å². The van der Waals surface area contributed by atoms with Gasteiger partial charge in [-0.2, -0.15) is 8.42 Å². The standard InChI is InChI=1S/C26H24FN5O6S3/c1-13-28-18-10-15-11-22(33)32(26(35)16(15)12-21(18)41(37,38)30-13)20-6-5-14(8-17(20)27)9-19-24(29-19)25(34)31-40(2,36)23-4-3-7-39-23/h3-8,10,12,19,22,24,29,33H,2,9,11H2,1H3,(H,28,30)(H,31,34,36). The number of thiophene rings is 1. The monoisotopic (exact) mass is 617 g/mol. The Balaban J connectivity index is 1.18. The van der Waals surface area contributed by atoms with Crippen molar-refractivity contribution < 1.29 is 31.7 Å². The Hall–Kier alpha value is -3.63. The average molecular weight is 618 g/mol. The third-order valence-corrected chi connectivity index (χ3v) is 11.5. The van der Waals surface area contributed by atoms with Gasteiger partial charge in [0.05, 0.1) is 21.1 Å². The number of fused-ring (bicyclic) bond motifs is 2. The highest BCUT2D eigenvalue weighted by atomic mass is 32.2. The second kappa shape index (κ2) is 9.73. The summed E-state index contributed by atoms with van der Waals surface area (Å²) >= 11 is 1.23. The largest absolute Gasteiger partial charge is 0.373 e. The highest BCUT2D eigenvalue weighted by Gasteiger charge is 2.43. The van der Waals surface area contributed by atoms with Crippen LogP contribution in [-0.2, 0) is 37.4 Å². The van der Waals surface area contributed by atoms with Crippen LogP contribution in [-0.4, -0.2) is 59.6 Å². The summed E-state index contributed by atoms with van der Waals surface area (Å²) in [5.41, 5.74) is 1.06. The van der Waals surface area contributed by atoms with Crippen LogP contribution >= 0.6 is 11.3 Å². The second-order valence-corrected chi connectivity index (χ2v) is 14.7. The summed E-state index contributed by atoms with van der Waals surface area (Å²) in [5.74, 6) is 1.82. The summed E-state index contributed by atoms with van der Waals surface area (Å²) in [6, 6.07) is 9.25. The van der Waals surface area contributed by atoms with Crippen molar-refractivity contribution in [2.75, 3.05) is 10.2 Å². The first-order valence-electron chi connectivity index (χ1n) is 12.4. The van der Waals surface area contributed by atoms with E-state index in [-0.39, 0.29) is 46.6 Å². The molecule has 3 aliphatic rings. The number of hydrogen-bond acceptors (Lipinski definition) is 9. The molecule has 15 heteroatoms. The Morgan fingerprint density at radius 3 is 2.80 bits per heavy atom. The number of nitrogens with one attached hydrogen (secondary N) is 3. The van der Waals surface area contributed by atoms with Crippen LogP contribution in [0.4, 0.5) is 15.8 Å². The molecular formula is C26H24FN5O6S3. The van der Waals surface area contributed by atoms with Gasteiger partial charge in [0.1, 0.15) is 33.0 Å². The number of nitrogens with zero attached hydrogens (tertiary/aromatic N) is 2. The second-order valence-electron chi connectivity index (χ2n) is 9.96. The topological polar surface area (TPSA) is 167 Å². The van der Waals surface area contributed by atoms with Crippen LogP contribution in [0.15, 0.2) is 61.3 Å². The smallest absolute Gasteiger partial charge is 0.286 e. The number of rotatable bonds is 6. The van der Waals surface area contributed by atoms with E-state index in [0.29, 0.717) is 15.3 Å². The highest BCUT2D eigenvalue weighted by Crippen LogP contribution is 2.36. The fourth-order valence-corrected chi connectivity index (χ4v) is 8.41. The maximum absolute atomic E-state index is 15.3. The molecule has 1 fully saturated rings. The minimum absolute atomic E-state index is 0.0261. The zero-order chi connectivity index (χ0) is 29.3. The SMILES string of the molecule is C=S(=O)(NC(=O)C1NC1Cc1ccc(N2C(=O)c3cc4c(cc3CC2O)NC(C)=NS4(=O)=O)c(F)c1)c1cccs1. The third kappa shape index (κ3) is 5.04. The maximum Gasteiger partial charge on any atom is 0.286 e. The van der Waals surface area contributed by atoms with Crippen molar-refractivity contribution in [3.63, 3.8) is 0 Å². The van der Waals surface area contributed by atoms with Crippen LogP contribution < -0.4 is 20.3 Å². The number of anilines is 2. The van der Waals surface area contributed by atoms with Crippen LogP contribution in [0.2, 0.25) is 0 Å². The van der Waals surface area contributed by atoms with Crippen LogP contribution in [0.5, 0.6) is 0 Å². The molecule has 2 amide bonds. The first-order valence-corrected chi connectivity index (χ1v) is 16.4. The molecule has 214 valence electrons. The van der Waals surface area contributed by atoms with E-state index in [2.05, 4.69) is 25.6 Å². The number of amides is 2. The summed E-state index contributed by atoms with van der Waals surface area (Å²) in [5, 5.41) is 18.4. The Morgan fingerprint density at radius 1 is 1.32 bits per heavy atom. The lowest BCUT2D eigenvalue weighted by Crippen LogP contribution is -2.46. The quantitative estimate of drug-likeness (QED) is 0.239. The summed E-state index contributed by atoms with van der Waals surface area (Å²) in [7, 11) is -7.00. The van der Waals surface area contributed by atoms with Crippen LogP contribution in [0.3, 0.4) is 0 Å². The Bertz CT molecular complexity index is 1860. The molecular weight excluding hydrogens is 594 g/mol. The van der Waals surface area contributed by atoms with Gasteiger partial charge in [-0.1, -0.05) is 12.1 Å². The average Bonchev–Trinajstić information content (AvgIpc) is 3.40. The van der Waals surface area contributed by atoms with E-state index in [0.717, 1.165) is 4.90 Å². The van der Waals surface area contributed by atoms with E-state index in [1.165, 1.54) is 42.5 Å². The zero-order valence-electron chi connectivity index (χ0n) is 21.5. The molecule has 0 saturated carbocycles. The Labute approximate surface area is 239 Å². The molecule has 1 aromatic heterocycles. The van der Waals surface area contributed by atoms with Gasteiger partial charge in [0, 0.05) is 18.0 Å².